The lowest BCUT2D eigenvalue weighted by atomic mass is 10.1. The molecule has 2 aromatic rings. The van der Waals surface area contributed by atoms with Crippen molar-refractivity contribution in [3.63, 3.8) is 0 Å². The van der Waals surface area contributed by atoms with Crippen molar-refractivity contribution in [1.82, 2.24) is 4.98 Å². The van der Waals surface area contributed by atoms with Crippen molar-refractivity contribution < 1.29 is 26.3 Å². The molecule has 138 valence electrons. The largest absolute Gasteiger partial charge is 0.417 e. The number of pyridine rings is 1. The van der Waals surface area contributed by atoms with Gasteiger partial charge in [-0.1, -0.05) is 29.8 Å². The lowest BCUT2D eigenvalue weighted by Gasteiger charge is -2.08. The van der Waals surface area contributed by atoms with Crippen LogP contribution in [-0.4, -0.2) is 11.5 Å². The van der Waals surface area contributed by atoms with E-state index in [0.717, 1.165) is 18.3 Å². The van der Waals surface area contributed by atoms with Crippen molar-refractivity contribution in [2.45, 2.75) is 25.7 Å². The second kappa shape index (κ2) is 8.53. The van der Waals surface area contributed by atoms with Crippen LogP contribution >= 0.6 is 11.6 Å². The minimum absolute atomic E-state index is 0.00488. The monoisotopic (exact) mass is 384 g/mol. The summed E-state index contributed by atoms with van der Waals surface area (Å²) in [7, 11) is 0. The summed E-state index contributed by atoms with van der Waals surface area (Å²) < 4.78 is 72.6. The highest BCUT2D eigenvalue weighted by molar-refractivity contribution is 6.31. The van der Waals surface area contributed by atoms with Gasteiger partial charge in [0.05, 0.1) is 21.8 Å². The fourth-order valence-electron chi connectivity index (χ4n) is 1.83. The molecule has 0 aliphatic rings. The predicted octanol–water partition coefficient (Wildman–Crippen LogP) is 5.27. The standard InChI is InChI=1S/C8H8ClF3N2.C8H7F3/c9-6-3-5(8(10,11)12)4-14-7(6)1-2-13;1-6-4-2-3-5-7(6)8(9,10)11/h3-4H,1-2,13H2;2-5H,1H3. The Kier molecular flexibility index (Phi) is 7.25. The van der Waals surface area contributed by atoms with Crippen LogP contribution in [0.2, 0.25) is 5.02 Å². The van der Waals surface area contributed by atoms with Crippen LogP contribution in [0.4, 0.5) is 26.3 Å². The van der Waals surface area contributed by atoms with E-state index in [0.29, 0.717) is 18.7 Å². The van der Waals surface area contributed by atoms with E-state index in [2.05, 4.69) is 4.98 Å². The zero-order valence-corrected chi connectivity index (χ0v) is 13.8. The quantitative estimate of drug-likeness (QED) is 0.716. The molecule has 0 saturated heterocycles. The number of aryl methyl sites for hydroxylation is 1. The van der Waals surface area contributed by atoms with Gasteiger partial charge in [0.15, 0.2) is 0 Å². The highest BCUT2D eigenvalue weighted by Gasteiger charge is 2.32. The molecule has 1 aromatic carbocycles. The van der Waals surface area contributed by atoms with E-state index in [-0.39, 0.29) is 10.6 Å². The van der Waals surface area contributed by atoms with E-state index in [1.54, 1.807) is 6.07 Å². The minimum Gasteiger partial charge on any atom is -0.330 e. The van der Waals surface area contributed by atoms with Gasteiger partial charge >= 0.3 is 12.4 Å². The summed E-state index contributed by atoms with van der Waals surface area (Å²) in [6, 6.07) is 6.36. The molecule has 0 bridgehead atoms. The number of nitrogens with two attached hydrogens (primary N) is 1. The molecular weight excluding hydrogens is 370 g/mol. The van der Waals surface area contributed by atoms with Crippen LogP contribution in [0.5, 0.6) is 0 Å². The number of hydrogen-bond donors (Lipinski definition) is 1. The Bertz CT molecular complexity index is 698. The van der Waals surface area contributed by atoms with Gasteiger partial charge in [0.1, 0.15) is 0 Å². The number of rotatable bonds is 2. The molecule has 0 unspecified atom stereocenters. The zero-order chi connectivity index (χ0) is 19.3. The van der Waals surface area contributed by atoms with E-state index < -0.39 is 23.5 Å². The Balaban J connectivity index is 0.000000257. The molecule has 0 saturated carbocycles. The average molecular weight is 385 g/mol. The van der Waals surface area contributed by atoms with Crippen molar-refractivity contribution in [3.8, 4) is 0 Å². The Morgan fingerprint density at radius 3 is 2.04 bits per heavy atom. The van der Waals surface area contributed by atoms with Crippen molar-refractivity contribution in [1.29, 1.82) is 0 Å². The normalized spacial score (nSPS) is 11.7. The molecule has 1 aromatic heterocycles. The smallest absolute Gasteiger partial charge is 0.330 e. The van der Waals surface area contributed by atoms with Crippen molar-refractivity contribution >= 4 is 11.6 Å². The van der Waals surface area contributed by atoms with Crippen molar-refractivity contribution in [2.24, 2.45) is 5.73 Å². The van der Waals surface area contributed by atoms with Crippen LogP contribution in [0.3, 0.4) is 0 Å². The average Bonchev–Trinajstić information content (AvgIpc) is 2.48. The van der Waals surface area contributed by atoms with Gasteiger partial charge in [-0.05, 0) is 31.2 Å². The first-order valence-electron chi connectivity index (χ1n) is 7.01. The number of alkyl halides is 6. The molecular formula is C16H15ClF6N2. The third-order valence-corrected chi connectivity index (χ3v) is 3.40. The van der Waals surface area contributed by atoms with Gasteiger partial charge in [-0.2, -0.15) is 26.3 Å². The zero-order valence-electron chi connectivity index (χ0n) is 13.0. The van der Waals surface area contributed by atoms with Crippen molar-refractivity contribution in [2.75, 3.05) is 6.54 Å². The SMILES string of the molecule is Cc1ccccc1C(F)(F)F.NCCc1ncc(C(F)(F)F)cc1Cl. The van der Waals surface area contributed by atoms with E-state index in [9.17, 15) is 26.3 Å². The highest BCUT2D eigenvalue weighted by Crippen LogP contribution is 2.31. The number of nitrogens with zero attached hydrogens (tertiary/aromatic N) is 1. The Morgan fingerprint density at radius 2 is 1.64 bits per heavy atom. The third-order valence-electron chi connectivity index (χ3n) is 3.08. The van der Waals surface area contributed by atoms with Crippen LogP contribution in [0.15, 0.2) is 36.5 Å². The summed E-state index contributed by atoms with van der Waals surface area (Å²) in [6.45, 7) is 1.75. The molecule has 0 aliphatic heterocycles. The second-order valence-electron chi connectivity index (χ2n) is 5.00. The van der Waals surface area contributed by atoms with Gasteiger partial charge in [-0.15, -0.1) is 0 Å². The maximum absolute atomic E-state index is 12.2. The van der Waals surface area contributed by atoms with Gasteiger partial charge < -0.3 is 5.73 Å². The molecule has 25 heavy (non-hydrogen) atoms. The van der Waals surface area contributed by atoms with Gasteiger partial charge in [-0.25, -0.2) is 0 Å². The van der Waals surface area contributed by atoms with E-state index in [1.165, 1.54) is 19.1 Å². The van der Waals surface area contributed by atoms with Crippen LogP contribution in [0.1, 0.15) is 22.4 Å². The lowest BCUT2D eigenvalue weighted by Crippen LogP contribution is -2.09. The molecule has 2 nitrogen and oxygen atoms in total. The second-order valence-corrected chi connectivity index (χ2v) is 5.41. The predicted molar refractivity (Wildman–Crippen MR) is 83.2 cm³/mol. The maximum Gasteiger partial charge on any atom is 0.417 e. The summed E-state index contributed by atoms with van der Waals surface area (Å²) in [6.07, 6.45) is -7.49. The van der Waals surface area contributed by atoms with E-state index in [1.807, 2.05) is 0 Å². The fraction of sp³-hybridized carbons (Fsp3) is 0.312. The lowest BCUT2D eigenvalue weighted by molar-refractivity contribution is -0.138. The van der Waals surface area contributed by atoms with Crippen molar-refractivity contribution in [3.05, 3.63) is 63.9 Å². The fourth-order valence-corrected chi connectivity index (χ4v) is 2.09. The molecule has 9 heteroatoms. The van der Waals surface area contributed by atoms with Gasteiger partial charge in [0.25, 0.3) is 0 Å². The Labute approximate surface area is 145 Å². The first-order chi connectivity index (χ1) is 11.5. The minimum atomic E-state index is -4.40. The number of halogens is 7. The van der Waals surface area contributed by atoms with Crippen LogP contribution < -0.4 is 5.73 Å². The highest BCUT2D eigenvalue weighted by atomic mass is 35.5. The van der Waals surface area contributed by atoms with E-state index >= 15 is 0 Å². The topological polar surface area (TPSA) is 38.9 Å². The molecule has 0 atom stereocenters. The van der Waals surface area contributed by atoms with Crippen LogP contribution in [0, 0.1) is 6.92 Å². The molecule has 0 aliphatic carbocycles. The number of aromatic nitrogens is 1. The van der Waals surface area contributed by atoms with Crippen LogP contribution in [0.25, 0.3) is 0 Å². The van der Waals surface area contributed by atoms with Crippen LogP contribution in [-0.2, 0) is 18.8 Å². The first kappa shape index (κ1) is 21.2. The molecule has 2 rings (SSSR count). The summed E-state index contributed by atoms with van der Waals surface area (Å²) in [5.74, 6) is 0. The molecule has 1 heterocycles. The summed E-state index contributed by atoms with van der Waals surface area (Å²) in [5, 5.41) is 0.00488. The molecule has 0 amide bonds. The number of hydrogen-bond acceptors (Lipinski definition) is 2. The van der Waals surface area contributed by atoms with Gasteiger partial charge in [0.2, 0.25) is 0 Å². The first-order valence-corrected chi connectivity index (χ1v) is 7.39. The third kappa shape index (κ3) is 6.55. The van der Waals surface area contributed by atoms with E-state index in [4.69, 9.17) is 17.3 Å². The summed E-state index contributed by atoms with van der Waals surface area (Å²) in [5.41, 5.74) is 4.49. The molecule has 2 N–H and O–H groups in total. The Morgan fingerprint density at radius 1 is 1.04 bits per heavy atom. The molecule has 0 spiro atoms. The summed E-state index contributed by atoms with van der Waals surface area (Å²) >= 11 is 5.60. The molecule has 0 radical (unpaired) electrons. The Hall–Kier alpha value is -1.80. The maximum atomic E-state index is 12.2. The van der Waals surface area contributed by atoms with Gasteiger partial charge in [-0.3, -0.25) is 4.98 Å². The van der Waals surface area contributed by atoms with Gasteiger partial charge in [0, 0.05) is 12.6 Å². The number of benzene rings is 1. The summed E-state index contributed by atoms with van der Waals surface area (Å²) in [4.78, 5) is 3.60. The molecule has 0 fully saturated rings.